The fourth-order valence-corrected chi connectivity index (χ4v) is 2.00. The van der Waals surface area contributed by atoms with Crippen LogP contribution in [0.25, 0.3) is 0 Å². The maximum absolute atomic E-state index is 12.3. The van der Waals surface area contributed by atoms with Gasteiger partial charge in [-0.3, -0.25) is 34.5 Å². The average molecular weight is 348 g/mol. The number of aryl methyl sites for hydroxylation is 1. The Balaban J connectivity index is 2.40. The lowest BCUT2D eigenvalue weighted by Crippen LogP contribution is -2.21. The summed E-state index contributed by atoms with van der Waals surface area (Å²) >= 11 is 0. The normalized spacial score (nSPS) is 10.2. The third kappa shape index (κ3) is 3.74. The molecule has 1 aromatic heterocycles. The Hall–Kier alpha value is -3.83. The molecule has 0 radical (unpaired) electrons. The zero-order valence-electron chi connectivity index (χ0n) is 13.0. The molecule has 2 N–H and O–H groups in total. The first kappa shape index (κ1) is 17.5. The van der Waals surface area contributed by atoms with E-state index >= 15 is 0 Å². The zero-order valence-corrected chi connectivity index (χ0v) is 13.0. The minimum atomic E-state index is -0.857. The van der Waals surface area contributed by atoms with Crippen LogP contribution >= 0.6 is 0 Å². The highest BCUT2D eigenvalue weighted by atomic mass is 16.6. The number of benzene rings is 1. The molecule has 0 bridgehead atoms. The maximum Gasteiger partial charge on any atom is 0.277 e. The molecule has 130 valence electrons. The quantitative estimate of drug-likeness (QED) is 0.597. The SMILES string of the molecule is CNC(=O)c1nn(C)cc1NC(=O)c1cc([N+](=O)[O-])cc([N+](=O)[O-])c1. The number of rotatable bonds is 5. The molecule has 12 heteroatoms. The average Bonchev–Trinajstić information content (AvgIpc) is 2.93. The van der Waals surface area contributed by atoms with E-state index in [1.807, 2.05) is 0 Å². The minimum Gasteiger partial charge on any atom is -0.354 e. The number of non-ortho nitro benzene ring substituents is 2. The topological polar surface area (TPSA) is 162 Å². The fraction of sp³-hybridized carbons (Fsp3) is 0.154. The molecule has 2 aromatic rings. The highest BCUT2D eigenvalue weighted by Crippen LogP contribution is 2.24. The van der Waals surface area contributed by atoms with Crippen molar-refractivity contribution in [3.05, 3.63) is 55.9 Å². The Kier molecular flexibility index (Phi) is 4.72. The van der Waals surface area contributed by atoms with Crippen LogP contribution in [0.2, 0.25) is 0 Å². The Labute approximate surface area is 139 Å². The first-order valence-corrected chi connectivity index (χ1v) is 6.74. The number of anilines is 1. The lowest BCUT2D eigenvalue weighted by Gasteiger charge is -2.05. The van der Waals surface area contributed by atoms with Crippen molar-refractivity contribution >= 4 is 28.9 Å². The zero-order chi connectivity index (χ0) is 18.7. The number of nitro groups is 2. The van der Waals surface area contributed by atoms with Crippen molar-refractivity contribution in [2.45, 2.75) is 0 Å². The van der Waals surface area contributed by atoms with Crippen LogP contribution < -0.4 is 10.6 Å². The van der Waals surface area contributed by atoms with Crippen LogP contribution in [0.15, 0.2) is 24.4 Å². The van der Waals surface area contributed by atoms with E-state index in [2.05, 4.69) is 15.7 Å². The van der Waals surface area contributed by atoms with Gasteiger partial charge < -0.3 is 10.6 Å². The van der Waals surface area contributed by atoms with E-state index in [9.17, 15) is 29.8 Å². The van der Waals surface area contributed by atoms with E-state index in [1.165, 1.54) is 25.0 Å². The predicted octanol–water partition coefficient (Wildman–Crippen LogP) is 0.848. The van der Waals surface area contributed by atoms with E-state index in [0.29, 0.717) is 0 Å². The van der Waals surface area contributed by atoms with Crippen LogP contribution in [0.5, 0.6) is 0 Å². The number of hydrogen-bond donors (Lipinski definition) is 2. The lowest BCUT2D eigenvalue weighted by molar-refractivity contribution is -0.394. The standard InChI is InChI=1S/C13H12N6O6/c1-14-13(21)11-10(6-17(2)16-11)15-12(20)7-3-8(18(22)23)5-9(4-7)19(24)25/h3-6H,1-2H3,(H,14,21)(H,15,20). The molecule has 25 heavy (non-hydrogen) atoms. The molecule has 0 fully saturated rings. The second-order valence-electron chi connectivity index (χ2n) is 4.85. The van der Waals surface area contributed by atoms with Gasteiger partial charge in [-0.15, -0.1) is 0 Å². The first-order valence-electron chi connectivity index (χ1n) is 6.74. The van der Waals surface area contributed by atoms with E-state index in [-0.39, 0.29) is 16.9 Å². The van der Waals surface area contributed by atoms with Gasteiger partial charge in [0.15, 0.2) is 5.69 Å². The predicted molar refractivity (Wildman–Crippen MR) is 84.3 cm³/mol. The largest absolute Gasteiger partial charge is 0.354 e. The van der Waals surface area contributed by atoms with E-state index < -0.39 is 33.0 Å². The molecule has 0 unspecified atom stereocenters. The van der Waals surface area contributed by atoms with Gasteiger partial charge in [-0.2, -0.15) is 5.10 Å². The van der Waals surface area contributed by atoms with Crippen LogP contribution in [0.3, 0.4) is 0 Å². The number of hydrogen-bond acceptors (Lipinski definition) is 7. The number of nitrogens with zero attached hydrogens (tertiary/aromatic N) is 4. The summed E-state index contributed by atoms with van der Waals surface area (Å²) in [7, 11) is 2.91. The Morgan fingerprint density at radius 2 is 1.64 bits per heavy atom. The molecular weight excluding hydrogens is 336 g/mol. The van der Waals surface area contributed by atoms with Gasteiger partial charge >= 0.3 is 0 Å². The van der Waals surface area contributed by atoms with Crippen molar-refractivity contribution in [2.75, 3.05) is 12.4 Å². The molecule has 12 nitrogen and oxygen atoms in total. The Morgan fingerprint density at radius 1 is 1.08 bits per heavy atom. The molecule has 2 amide bonds. The molecule has 0 saturated carbocycles. The summed E-state index contributed by atoms with van der Waals surface area (Å²) < 4.78 is 1.29. The number of carbonyl (C=O) groups excluding carboxylic acids is 2. The molecule has 1 aromatic carbocycles. The highest BCUT2D eigenvalue weighted by molar-refractivity contribution is 6.08. The van der Waals surface area contributed by atoms with Crippen LogP contribution in [-0.2, 0) is 7.05 Å². The van der Waals surface area contributed by atoms with Crippen LogP contribution in [0.1, 0.15) is 20.8 Å². The van der Waals surface area contributed by atoms with Crippen molar-refractivity contribution in [1.82, 2.24) is 15.1 Å². The molecule has 0 saturated heterocycles. The minimum absolute atomic E-state index is 0.0565. The van der Waals surface area contributed by atoms with Crippen molar-refractivity contribution in [1.29, 1.82) is 0 Å². The summed E-state index contributed by atoms with van der Waals surface area (Å²) in [5.41, 5.74) is -1.51. The monoisotopic (exact) mass is 348 g/mol. The maximum atomic E-state index is 12.3. The van der Waals surface area contributed by atoms with Crippen molar-refractivity contribution in [3.63, 3.8) is 0 Å². The number of nitrogens with one attached hydrogen (secondary N) is 2. The molecule has 0 atom stereocenters. The second kappa shape index (κ2) is 6.74. The molecule has 0 spiro atoms. The summed E-state index contributed by atoms with van der Waals surface area (Å²) in [6, 6.07) is 2.55. The van der Waals surface area contributed by atoms with Gasteiger partial charge in [0.1, 0.15) is 0 Å². The second-order valence-corrected chi connectivity index (χ2v) is 4.85. The van der Waals surface area contributed by atoms with E-state index in [1.54, 1.807) is 0 Å². The number of carbonyl (C=O) groups is 2. The van der Waals surface area contributed by atoms with Crippen molar-refractivity contribution < 1.29 is 19.4 Å². The van der Waals surface area contributed by atoms with E-state index in [0.717, 1.165) is 18.2 Å². The number of amides is 2. The first-order chi connectivity index (χ1) is 11.7. The molecule has 2 rings (SSSR count). The van der Waals surface area contributed by atoms with Crippen LogP contribution in [-0.4, -0.2) is 38.5 Å². The lowest BCUT2D eigenvalue weighted by atomic mass is 10.1. The third-order valence-corrected chi connectivity index (χ3v) is 3.11. The summed E-state index contributed by atoms with van der Waals surface area (Å²) in [4.78, 5) is 44.1. The molecule has 0 aliphatic rings. The van der Waals surface area contributed by atoms with Crippen molar-refractivity contribution in [3.8, 4) is 0 Å². The van der Waals surface area contributed by atoms with Gasteiger partial charge in [-0.25, -0.2) is 0 Å². The third-order valence-electron chi connectivity index (χ3n) is 3.11. The van der Waals surface area contributed by atoms with Gasteiger partial charge in [0.05, 0.1) is 27.2 Å². The Morgan fingerprint density at radius 3 is 2.12 bits per heavy atom. The highest BCUT2D eigenvalue weighted by Gasteiger charge is 2.22. The smallest absolute Gasteiger partial charge is 0.277 e. The molecule has 1 heterocycles. The van der Waals surface area contributed by atoms with Gasteiger partial charge in [0.25, 0.3) is 23.2 Å². The van der Waals surface area contributed by atoms with Gasteiger partial charge in [0.2, 0.25) is 0 Å². The fourth-order valence-electron chi connectivity index (χ4n) is 2.00. The van der Waals surface area contributed by atoms with Crippen molar-refractivity contribution in [2.24, 2.45) is 7.05 Å². The summed E-state index contributed by atoms with van der Waals surface area (Å²) in [5.74, 6) is -1.41. The number of nitro benzene ring substituents is 2. The van der Waals surface area contributed by atoms with Gasteiger partial charge in [0, 0.05) is 32.4 Å². The molecule has 0 aliphatic heterocycles. The van der Waals surface area contributed by atoms with Crippen LogP contribution in [0, 0.1) is 20.2 Å². The Bertz CT molecular complexity index is 857. The summed E-state index contributed by atoms with van der Waals surface area (Å²) in [6.07, 6.45) is 1.36. The van der Waals surface area contributed by atoms with Gasteiger partial charge in [-0.05, 0) is 0 Å². The van der Waals surface area contributed by atoms with Crippen LogP contribution in [0.4, 0.5) is 17.1 Å². The summed E-state index contributed by atoms with van der Waals surface area (Å²) in [6.45, 7) is 0. The number of aromatic nitrogens is 2. The van der Waals surface area contributed by atoms with E-state index in [4.69, 9.17) is 0 Å². The molecule has 0 aliphatic carbocycles. The summed E-state index contributed by atoms with van der Waals surface area (Å²) in [5, 5.41) is 30.4. The van der Waals surface area contributed by atoms with Gasteiger partial charge in [-0.1, -0.05) is 0 Å². The molecular formula is C13H12N6O6.